The predicted molar refractivity (Wildman–Crippen MR) is 84.4 cm³/mol. The molecule has 2 rings (SSSR count). The fraction of sp³-hybridized carbons (Fsp3) is 0.615. The van der Waals surface area contributed by atoms with Gasteiger partial charge in [-0.15, -0.1) is 11.3 Å². The molecule has 0 aromatic carbocycles. The number of rotatable bonds is 5. The number of carboxylic acids is 1. The van der Waals surface area contributed by atoms with E-state index in [0.717, 1.165) is 45.2 Å². The number of carbonyl (C=O) groups is 1. The Morgan fingerprint density at radius 2 is 2.11 bits per heavy atom. The third kappa shape index (κ3) is 3.80. The molecule has 1 atom stereocenters. The first-order chi connectivity index (χ1) is 8.92. The Morgan fingerprint density at radius 3 is 2.58 bits per heavy atom. The summed E-state index contributed by atoms with van der Waals surface area (Å²) < 4.78 is 2.05. The molecule has 1 aromatic rings. The first-order valence-corrected chi connectivity index (χ1v) is 8.74. The van der Waals surface area contributed by atoms with E-state index in [-0.39, 0.29) is 17.9 Å². The molecule has 3 N–H and O–H groups in total. The zero-order valence-electron chi connectivity index (χ0n) is 10.5. The van der Waals surface area contributed by atoms with E-state index in [4.69, 9.17) is 10.8 Å². The molecule has 3 nitrogen and oxygen atoms in total. The largest absolute Gasteiger partial charge is 0.481 e. The molecule has 1 saturated carbocycles. The second-order valence-corrected chi connectivity index (χ2v) is 8.61. The van der Waals surface area contributed by atoms with Gasteiger partial charge in [0.05, 0.1) is 10.2 Å². The van der Waals surface area contributed by atoms with Crippen molar-refractivity contribution in [2.45, 2.75) is 44.6 Å². The van der Waals surface area contributed by atoms with E-state index in [1.54, 1.807) is 11.3 Å². The van der Waals surface area contributed by atoms with Crippen molar-refractivity contribution in [3.63, 3.8) is 0 Å². The van der Waals surface area contributed by atoms with E-state index in [1.807, 2.05) is 6.07 Å². The Balaban J connectivity index is 2.10. The Hall–Kier alpha value is 0.0900. The standard InChI is InChI=1S/C13H17Br2NO2S/c14-8-5-10(19-12(8)15)9(16)6-13(7-11(17)18)3-1-2-4-13/h5,9H,1-4,6-7,16H2,(H,17,18). The zero-order chi connectivity index (χ0) is 14.0. The molecular formula is C13H17Br2NO2S. The fourth-order valence-corrected chi connectivity index (χ4v) is 5.10. The summed E-state index contributed by atoms with van der Waals surface area (Å²) >= 11 is 8.56. The van der Waals surface area contributed by atoms with Crippen molar-refractivity contribution in [3.05, 3.63) is 19.2 Å². The predicted octanol–water partition coefficient (Wildman–Crippen LogP) is 4.70. The van der Waals surface area contributed by atoms with Crippen LogP contribution in [0.3, 0.4) is 0 Å². The van der Waals surface area contributed by atoms with E-state index in [0.29, 0.717) is 0 Å². The SMILES string of the molecule is NC(CC1(CC(=O)O)CCCC1)c1cc(Br)c(Br)s1. The number of halogens is 2. The highest BCUT2D eigenvalue weighted by Gasteiger charge is 2.37. The minimum Gasteiger partial charge on any atom is -0.481 e. The molecule has 0 radical (unpaired) electrons. The van der Waals surface area contributed by atoms with Crippen LogP contribution in [0.1, 0.15) is 49.4 Å². The van der Waals surface area contributed by atoms with Crippen molar-refractivity contribution in [1.29, 1.82) is 0 Å². The van der Waals surface area contributed by atoms with Gasteiger partial charge in [-0.1, -0.05) is 12.8 Å². The number of carboxylic acid groups (broad SMARTS) is 1. The molecule has 0 spiro atoms. The Kier molecular flexibility index (Phi) is 5.09. The Morgan fingerprint density at radius 1 is 1.47 bits per heavy atom. The van der Waals surface area contributed by atoms with Gasteiger partial charge in [0.2, 0.25) is 0 Å². The second-order valence-electron chi connectivity index (χ2n) is 5.36. The number of aliphatic carboxylic acids is 1. The van der Waals surface area contributed by atoms with Crippen LogP contribution in [-0.4, -0.2) is 11.1 Å². The zero-order valence-corrected chi connectivity index (χ0v) is 14.5. The van der Waals surface area contributed by atoms with Crippen LogP contribution in [0, 0.1) is 5.41 Å². The van der Waals surface area contributed by atoms with Crippen LogP contribution in [0.25, 0.3) is 0 Å². The first-order valence-electron chi connectivity index (χ1n) is 6.34. The third-order valence-electron chi connectivity index (χ3n) is 3.87. The van der Waals surface area contributed by atoms with Crippen molar-refractivity contribution in [1.82, 2.24) is 0 Å². The van der Waals surface area contributed by atoms with E-state index in [2.05, 4.69) is 31.9 Å². The normalized spacial score (nSPS) is 19.5. The molecule has 6 heteroatoms. The van der Waals surface area contributed by atoms with Crippen LogP contribution in [0.2, 0.25) is 0 Å². The smallest absolute Gasteiger partial charge is 0.303 e. The molecule has 1 aliphatic carbocycles. The minimum absolute atomic E-state index is 0.0787. The van der Waals surface area contributed by atoms with Crippen LogP contribution < -0.4 is 5.73 Å². The summed E-state index contributed by atoms with van der Waals surface area (Å²) in [4.78, 5) is 12.2. The van der Waals surface area contributed by atoms with Crippen LogP contribution >= 0.6 is 43.2 Å². The molecule has 1 fully saturated rings. The van der Waals surface area contributed by atoms with E-state index in [9.17, 15) is 4.79 Å². The van der Waals surface area contributed by atoms with Crippen molar-refractivity contribution >= 4 is 49.2 Å². The summed E-state index contributed by atoms with van der Waals surface area (Å²) in [6.07, 6.45) is 5.23. The topological polar surface area (TPSA) is 63.3 Å². The first kappa shape index (κ1) is 15.5. The van der Waals surface area contributed by atoms with Gasteiger partial charge in [-0.2, -0.15) is 0 Å². The minimum atomic E-state index is -0.706. The van der Waals surface area contributed by atoms with Gasteiger partial charge in [0, 0.05) is 15.4 Å². The summed E-state index contributed by atoms with van der Waals surface area (Å²) in [5, 5.41) is 9.12. The van der Waals surface area contributed by atoms with Gasteiger partial charge in [-0.25, -0.2) is 0 Å². The lowest BCUT2D eigenvalue weighted by Crippen LogP contribution is -2.26. The van der Waals surface area contributed by atoms with Gasteiger partial charge in [-0.3, -0.25) is 4.79 Å². The number of hydrogen-bond acceptors (Lipinski definition) is 3. The summed E-state index contributed by atoms with van der Waals surface area (Å²) in [5.41, 5.74) is 6.19. The van der Waals surface area contributed by atoms with Gasteiger partial charge >= 0.3 is 5.97 Å². The Labute approximate surface area is 133 Å². The lowest BCUT2D eigenvalue weighted by atomic mass is 9.77. The number of hydrogen-bond donors (Lipinski definition) is 2. The third-order valence-corrected chi connectivity index (χ3v) is 7.26. The highest BCUT2D eigenvalue weighted by Crippen LogP contribution is 2.48. The molecular weight excluding hydrogens is 394 g/mol. The highest BCUT2D eigenvalue weighted by atomic mass is 79.9. The molecule has 19 heavy (non-hydrogen) atoms. The van der Waals surface area contributed by atoms with Crippen molar-refractivity contribution in [2.24, 2.45) is 11.1 Å². The van der Waals surface area contributed by atoms with Crippen LogP contribution in [0.15, 0.2) is 14.3 Å². The lowest BCUT2D eigenvalue weighted by molar-refractivity contribution is -0.139. The van der Waals surface area contributed by atoms with E-state index in [1.165, 1.54) is 0 Å². The number of thiophene rings is 1. The van der Waals surface area contributed by atoms with Crippen LogP contribution in [0.5, 0.6) is 0 Å². The summed E-state index contributed by atoms with van der Waals surface area (Å²) in [7, 11) is 0. The molecule has 1 aromatic heterocycles. The molecule has 106 valence electrons. The quantitative estimate of drug-likeness (QED) is 0.739. The molecule has 1 aliphatic rings. The maximum absolute atomic E-state index is 11.1. The highest BCUT2D eigenvalue weighted by molar-refractivity contribution is 9.13. The number of nitrogens with two attached hydrogens (primary N) is 1. The van der Waals surface area contributed by atoms with Gasteiger partial charge in [-0.05, 0) is 62.6 Å². The van der Waals surface area contributed by atoms with Crippen LogP contribution in [0.4, 0.5) is 0 Å². The maximum atomic E-state index is 11.1. The van der Waals surface area contributed by atoms with Gasteiger partial charge in [0.1, 0.15) is 0 Å². The monoisotopic (exact) mass is 409 g/mol. The average Bonchev–Trinajstić information content (AvgIpc) is 2.87. The molecule has 0 aliphatic heterocycles. The van der Waals surface area contributed by atoms with Crippen molar-refractivity contribution < 1.29 is 9.90 Å². The molecule has 1 unspecified atom stereocenters. The molecule has 0 bridgehead atoms. The molecule has 0 amide bonds. The lowest BCUT2D eigenvalue weighted by Gasteiger charge is -2.29. The van der Waals surface area contributed by atoms with E-state index < -0.39 is 5.97 Å². The van der Waals surface area contributed by atoms with Crippen LogP contribution in [-0.2, 0) is 4.79 Å². The maximum Gasteiger partial charge on any atom is 0.303 e. The summed E-state index contributed by atoms with van der Waals surface area (Å²) in [5.74, 6) is -0.706. The summed E-state index contributed by atoms with van der Waals surface area (Å²) in [6.45, 7) is 0. The van der Waals surface area contributed by atoms with Gasteiger partial charge < -0.3 is 10.8 Å². The summed E-state index contributed by atoms with van der Waals surface area (Å²) in [6, 6.07) is 1.95. The second kappa shape index (κ2) is 6.24. The fourth-order valence-electron chi connectivity index (χ4n) is 3.01. The average molecular weight is 411 g/mol. The Bertz CT molecular complexity index is 450. The molecule has 1 heterocycles. The van der Waals surface area contributed by atoms with Crippen molar-refractivity contribution in [3.8, 4) is 0 Å². The van der Waals surface area contributed by atoms with Gasteiger partial charge in [0.25, 0.3) is 0 Å². The van der Waals surface area contributed by atoms with Crippen molar-refractivity contribution in [2.75, 3.05) is 0 Å². The van der Waals surface area contributed by atoms with E-state index >= 15 is 0 Å². The van der Waals surface area contributed by atoms with Gasteiger partial charge in [0.15, 0.2) is 0 Å². The molecule has 0 saturated heterocycles.